The topological polar surface area (TPSA) is 57.6 Å². The minimum Gasteiger partial charge on any atom is -0.481 e. The third-order valence-corrected chi connectivity index (χ3v) is 2.52. The molecule has 0 aromatic rings. The van der Waals surface area contributed by atoms with E-state index >= 15 is 0 Å². The van der Waals surface area contributed by atoms with Crippen LogP contribution in [0.25, 0.3) is 0 Å². The summed E-state index contributed by atoms with van der Waals surface area (Å²) in [7, 11) is 0. The Morgan fingerprint density at radius 3 is 2.21 bits per heavy atom. The molecule has 0 unspecified atom stereocenters. The van der Waals surface area contributed by atoms with E-state index in [1.807, 2.05) is 0 Å². The van der Waals surface area contributed by atoms with Gasteiger partial charge in [0.05, 0.1) is 0 Å². The lowest BCUT2D eigenvalue weighted by molar-refractivity contribution is -0.138. The number of nitrogens with zero attached hydrogens (tertiary/aromatic N) is 1. The first-order valence-electron chi connectivity index (χ1n) is 4.57. The number of hydrogen-bond donors (Lipinski definition) is 1. The molecule has 82 valence electrons. The number of carboxylic acid groups (broad SMARTS) is 1. The van der Waals surface area contributed by atoms with E-state index in [-0.39, 0.29) is 30.7 Å². The molecule has 14 heavy (non-hydrogen) atoms. The molecule has 0 saturated carbocycles. The lowest BCUT2D eigenvalue weighted by Gasteiger charge is -2.30. The van der Waals surface area contributed by atoms with Crippen LogP contribution < -0.4 is 0 Å². The Balaban J connectivity index is 0.00000169. The normalized spacial score (nSPS) is 17.4. The number of carboxylic acids is 1. The molecular formula is C9H16ClNO3. The molecular weight excluding hydrogens is 206 g/mol. The quantitative estimate of drug-likeness (QED) is 0.761. The molecule has 1 rings (SSSR count). The lowest BCUT2D eigenvalue weighted by atomic mass is 9.94. The average Bonchev–Trinajstić information content (AvgIpc) is 2.04. The van der Waals surface area contributed by atoms with Gasteiger partial charge in [0.1, 0.15) is 0 Å². The van der Waals surface area contributed by atoms with Crippen LogP contribution >= 0.6 is 12.4 Å². The fourth-order valence-electron chi connectivity index (χ4n) is 1.70. The molecule has 1 saturated heterocycles. The number of rotatable bonds is 2. The predicted molar refractivity (Wildman–Crippen MR) is 54.5 cm³/mol. The van der Waals surface area contributed by atoms with Gasteiger partial charge in [0, 0.05) is 26.4 Å². The molecule has 0 aromatic carbocycles. The van der Waals surface area contributed by atoms with Crippen molar-refractivity contribution in [3.8, 4) is 0 Å². The summed E-state index contributed by atoms with van der Waals surface area (Å²) in [6, 6.07) is 0. The number of piperidine rings is 1. The van der Waals surface area contributed by atoms with Crippen LogP contribution in [0, 0.1) is 5.92 Å². The maximum atomic E-state index is 10.9. The van der Waals surface area contributed by atoms with Crippen molar-refractivity contribution in [2.45, 2.75) is 26.2 Å². The van der Waals surface area contributed by atoms with Crippen molar-refractivity contribution in [3.63, 3.8) is 0 Å². The molecule has 1 N–H and O–H groups in total. The van der Waals surface area contributed by atoms with Crippen LogP contribution in [0.4, 0.5) is 0 Å². The highest BCUT2D eigenvalue weighted by atomic mass is 35.5. The van der Waals surface area contributed by atoms with E-state index in [9.17, 15) is 9.59 Å². The van der Waals surface area contributed by atoms with Gasteiger partial charge in [-0.15, -0.1) is 12.4 Å². The first kappa shape index (κ1) is 13.2. The third kappa shape index (κ3) is 3.96. The van der Waals surface area contributed by atoms with Gasteiger partial charge in [0.2, 0.25) is 5.91 Å². The van der Waals surface area contributed by atoms with Gasteiger partial charge in [-0.05, 0) is 18.8 Å². The van der Waals surface area contributed by atoms with E-state index in [0.717, 1.165) is 12.8 Å². The van der Waals surface area contributed by atoms with Crippen LogP contribution in [0.1, 0.15) is 26.2 Å². The van der Waals surface area contributed by atoms with Crippen molar-refractivity contribution in [1.82, 2.24) is 4.90 Å². The van der Waals surface area contributed by atoms with Gasteiger partial charge in [-0.25, -0.2) is 0 Å². The first-order valence-corrected chi connectivity index (χ1v) is 4.57. The van der Waals surface area contributed by atoms with Crippen molar-refractivity contribution in [1.29, 1.82) is 0 Å². The van der Waals surface area contributed by atoms with E-state index in [1.165, 1.54) is 0 Å². The monoisotopic (exact) mass is 221 g/mol. The Hall–Kier alpha value is -0.770. The maximum Gasteiger partial charge on any atom is 0.303 e. The Morgan fingerprint density at radius 1 is 1.36 bits per heavy atom. The predicted octanol–water partition coefficient (Wildman–Crippen LogP) is 1.14. The molecule has 0 aromatic heterocycles. The molecule has 1 heterocycles. The lowest BCUT2D eigenvalue weighted by Crippen LogP contribution is -2.37. The molecule has 1 aliphatic heterocycles. The second-order valence-electron chi connectivity index (χ2n) is 3.55. The summed E-state index contributed by atoms with van der Waals surface area (Å²) in [6.07, 6.45) is 1.89. The smallest absolute Gasteiger partial charge is 0.303 e. The van der Waals surface area contributed by atoms with Gasteiger partial charge in [0.15, 0.2) is 0 Å². The standard InChI is InChI=1S/C9H15NO3.ClH/c1-7(11)10-4-2-8(3-5-10)6-9(12)13;/h8H,2-6H2,1H3,(H,12,13);1H. The zero-order valence-electron chi connectivity index (χ0n) is 8.23. The van der Waals surface area contributed by atoms with E-state index in [4.69, 9.17) is 5.11 Å². The van der Waals surface area contributed by atoms with Crippen LogP contribution in [0.15, 0.2) is 0 Å². The largest absolute Gasteiger partial charge is 0.481 e. The van der Waals surface area contributed by atoms with Gasteiger partial charge >= 0.3 is 5.97 Å². The Kier molecular flexibility index (Phi) is 5.53. The molecule has 0 bridgehead atoms. The van der Waals surface area contributed by atoms with Gasteiger partial charge < -0.3 is 10.0 Å². The van der Waals surface area contributed by atoms with Gasteiger partial charge in [-0.1, -0.05) is 0 Å². The molecule has 0 radical (unpaired) electrons. The summed E-state index contributed by atoms with van der Waals surface area (Å²) >= 11 is 0. The Morgan fingerprint density at radius 2 is 1.86 bits per heavy atom. The van der Waals surface area contributed by atoms with E-state index in [2.05, 4.69) is 0 Å². The molecule has 5 heteroatoms. The molecule has 0 aliphatic carbocycles. The maximum absolute atomic E-state index is 10.9. The Bertz CT molecular complexity index is 212. The summed E-state index contributed by atoms with van der Waals surface area (Å²) in [5, 5.41) is 8.56. The van der Waals surface area contributed by atoms with Gasteiger partial charge in [-0.2, -0.15) is 0 Å². The SMILES string of the molecule is CC(=O)N1CCC(CC(=O)O)CC1.Cl. The van der Waals surface area contributed by atoms with Crippen molar-refractivity contribution in [2.24, 2.45) is 5.92 Å². The fourth-order valence-corrected chi connectivity index (χ4v) is 1.70. The highest BCUT2D eigenvalue weighted by molar-refractivity contribution is 5.85. The number of carbonyl (C=O) groups excluding carboxylic acids is 1. The number of hydrogen-bond acceptors (Lipinski definition) is 2. The Labute approximate surface area is 89.7 Å². The second kappa shape index (κ2) is 5.86. The number of carbonyl (C=O) groups is 2. The van der Waals surface area contributed by atoms with E-state index in [0.29, 0.717) is 13.1 Å². The van der Waals surface area contributed by atoms with Crippen LogP contribution in [0.3, 0.4) is 0 Å². The van der Waals surface area contributed by atoms with Crippen LogP contribution in [0.5, 0.6) is 0 Å². The zero-order chi connectivity index (χ0) is 9.84. The van der Waals surface area contributed by atoms with Crippen LogP contribution in [-0.2, 0) is 9.59 Å². The van der Waals surface area contributed by atoms with E-state index < -0.39 is 5.97 Å². The van der Waals surface area contributed by atoms with Gasteiger partial charge in [-0.3, -0.25) is 9.59 Å². The van der Waals surface area contributed by atoms with Crippen LogP contribution in [-0.4, -0.2) is 35.0 Å². The number of halogens is 1. The molecule has 1 amide bonds. The fraction of sp³-hybridized carbons (Fsp3) is 0.778. The van der Waals surface area contributed by atoms with Crippen molar-refractivity contribution < 1.29 is 14.7 Å². The summed E-state index contributed by atoms with van der Waals surface area (Å²) < 4.78 is 0. The highest BCUT2D eigenvalue weighted by Gasteiger charge is 2.22. The second-order valence-corrected chi connectivity index (χ2v) is 3.55. The summed E-state index contributed by atoms with van der Waals surface area (Å²) in [5.74, 6) is -0.386. The number of likely N-dealkylation sites (tertiary alicyclic amines) is 1. The van der Waals surface area contributed by atoms with E-state index in [1.54, 1.807) is 11.8 Å². The van der Waals surface area contributed by atoms with Crippen molar-refractivity contribution >= 4 is 24.3 Å². The third-order valence-electron chi connectivity index (χ3n) is 2.52. The zero-order valence-corrected chi connectivity index (χ0v) is 9.05. The summed E-state index contributed by atoms with van der Waals surface area (Å²) in [6.45, 7) is 2.98. The molecule has 4 nitrogen and oxygen atoms in total. The average molecular weight is 222 g/mol. The highest BCUT2D eigenvalue weighted by Crippen LogP contribution is 2.20. The molecule has 0 spiro atoms. The van der Waals surface area contributed by atoms with Gasteiger partial charge in [0.25, 0.3) is 0 Å². The minimum atomic E-state index is -0.735. The minimum absolute atomic E-state index is 0. The molecule has 1 aliphatic rings. The van der Waals surface area contributed by atoms with Crippen molar-refractivity contribution in [3.05, 3.63) is 0 Å². The number of amides is 1. The van der Waals surface area contributed by atoms with Crippen molar-refractivity contribution in [2.75, 3.05) is 13.1 Å². The first-order chi connectivity index (χ1) is 6.09. The summed E-state index contributed by atoms with van der Waals surface area (Å²) in [5.41, 5.74) is 0. The van der Waals surface area contributed by atoms with Crippen LogP contribution in [0.2, 0.25) is 0 Å². The molecule has 1 fully saturated rings. The summed E-state index contributed by atoms with van der Waals surface area (Å²) in [4.78, 5) is 23.1. The number of aliphatic carboxylic acids is 1. The molecule has 0 atom stereocenters.